The standard InChI is InChI=1S/C12H17N3/c1-3-15-12-7-5-4-6-10(12)11(14-15)8-9-13-2/h4-7,13H,3,8-9H2,1-2H3. The van der Waals surface area contributed by atoms with Gasteiger partial charge in [0, 0.05) is 24.9 Å². The SMILES string of the molecule is CCn1nc(CCNC)c2ccccc21. The third-order valence-corrected chi connectivity index (χ3v) is 2.65. The van der Waals surface area contributed by atoms with Crippen LogP contribution in [0.3, 0.4) is 0 Å². The van der Waals surface area contributed by atoms with E-state index < -0.39 is 0 Å². The van der Waals surface area contributed by atoms with Gasteiger partial charge in [-0.1, -0.05) is 18.2 Å². The van der Waals surface area contributed by atoms with E-state index in [1.807, 2.05) is 7.05 Å². The van der Waals surface area contributed by atoms with Crippen LogP contribution in [0.15, 0.2) is 24.3 Å². The maximum absolute atomic E-state index is 4.62. The van der Waals surface area contributed by atoms with Gasteiger partial charge in [0.05, 0.1) is 11.2 Å². The van der Waals surface area contributed by atoms with E-state index in [0.717, 1.165) is 19.5 Å². The number of nitrogens with one attached hydrogen (secondary N) is 1. The van der Waals surface area contributed by atoms with Gasteiger partial charge in [0.15, 0.2) is 0 Å². The molecule has 2 aromatic rings. The van der Waals surface area contributed by atoms with E-state index >= 15 is 0 Å². The van der Waals surface area contributed by atoms with Gasteiger partial charge in [0.2, 0.25) is 0 Å². The van der Waals surface area contributed by atoms with E-state index in [1.54, 1.807) is 0 Å². The molecule has 0 aliphatic carbocycles. The van der Waals surface area contributed by atoms with Crippen molar-refractivity contribution in [3.05, 3.63) is 30.0 Å². The van der Waals surface area contributed by atoms with Crippen molar-refractivity contribution >= 4 is 10.9 Å². The Kier molecular flexibility index (Phi) is 3.02. The van der Waals surface area contributed by atoms with Crippen molar-refractivity contribution in [1.29, 1.82) is 0 Å². The van der Waals surface area contributed by atoms with E-state index in [2.05, 4.69) is 46.3 Å². The number of benzene rings is 1. The van der Waals surface area contributed by atoms with Gasteiger partial charge in [-0.25, -0.2) is 0 Å². The predicted molar refractivity (Wildman–Crippen MR) is 63.0 cm³/mol. The average Bonchev–Trinajstić information content (AvgIpc) is 2.65. The molecule has 3 nitrogen and oxygen atoms in total. The van der Waals surface area contributed by atoms with Gasteiger partial charge < -0.3 is 5.32 Å². The van der Waals surface area contributed by atoms with Crippen molar-refractivity contribution in [2.75, 3.05) is 13.6 Å². The highest BCUT2D eigenvalue weighted by molar-refractivity contribution is 5.81. The quantitative estimate of drug-likeness (QED) is 0.821. The zero-order chi connectivity index (χ0) is 10.7. The number of aromatic nitrogens is 2. The van der Waals surface area contributed by atoms with Crippen LogP contribution < -0.4 is 5.32 Å². The molecule has 0 saturated carbocycles. The van der Waals surface area contributed by atoms with Gasteiger partial charge in [0.1, 0.15) is 0 Å². The summed E-state index contributed by atoms with van der Waals surface area (Å²) in [4.78, 5) is 0. The summed E-state index contributed by atoms with van der Waals surface area (Å²) >= 11 is 0. The number of likely N-dealkylation sites (N-methyl/N-ethyl adjacent to an activating group) is 1. The zero-order valence-electron chi connectivity index (χ0n) is 9.33. The Morgan fingerprint density at radius 2 is 2.13 bits per heavy atom. The van der Waals surface area contributed by atoms with Crippen LogP contribution in [0.25, 0.3) is 10.9 Å². The molecule has 15 heavy (non-hydrogen) atoms. The molecule has 1 heterocycles. The maximum Gasteiger partial charge on any atom is 0.0716 e. The van der Waals surface area contributed by atoms with Crippen molar-refractivity contribution in [1.82, 2.24) is 15.1 Å². The number of hydrogen-bond acceptors (Lipinski definition) is 2. The number of rotatable bonds is 4. The fourth-order valence-corrected chi connectivity index (χ4v) is 1.87. The molecule has 0 aliphatic heterocycles. The first-order valence-electron chi connectivity index (χ1n) is 5.46. The molecule has 1 N–H and O–H groups in total. The molecule has 0 saturated heterocycles. The summed E-state index contributed by atoms with van der Waals surface area (Å²) in [5.74, 6) is 0. The molecule has 0 radical (unpaired) electrons. The van der Waals surface area contributed by atoms with Crippen LogP contribution >= 0.6 is 0 Å². The number of hydrogen-bond donors (Lipinski definition) is 1. The smallest absolute Gasteiger partial charge is 0.0716 e. The number of fused-ring (bicyclic) bond motifs is 1. The first-order valence-corrected chi connectivity index (χ1v) is 5.46. The molecule has 3 heteroatoms. The van der Waals surface area contributed by atoms with Crippen molar-refractivity contribution in [2.45, 2.75) is 19.9 Å². The molecule has 0 bridgehead atoms. The Balaban J connectivity index is 2.45. The highest BCUT2D eigenvalue weighted by Gasteiger charge is 2.07. The highest BCUT2D eigenvalue weighted by Crippen LogP contribution is 2.18. The van der Waals surface area contributed by atoms with Gasteiger partial charge >= 0.3 is 0 Å². The molecule has 0 fully saturated rings. The average molecular weight is 203 g/mol. The van der Waals surface area contributed by atoms with E-state index in [-0.39, 0.29) is 0 Å². The maximum atomic E-state index is 4.62. The summed E-state index contributed by atoms with van der Waals surface area (Å²) in [5.41, 5.74) is 2.44. The molecule has 0 spiro atoms. The summed E-state index contributed by atoms with van der Waals surface area (Å²) in [6, 6.07) is 8.43. The van der Waals surface area contributed by atoms with Crippen LogP contribution in [0, 0.1) is 0 Å². The largest absolute Gasteiger partial charge is 0.319 e. The van der Waals surface area contributed by atoms with Gasteiger partial charge in [0.25, 0.3) is 0 Å². The second kappa shape index (κ2) is 4.45. The third kappa shape index (κ3) is 1.88. The number of para-hydroxylation sites is 1. The third-order valence-electron chi connectivity index (χ3n) is 2.65. The zero-order valence-corrected chi connectivity index (χ0v) is 9.33. The Labute approximate surface area is 90.1 Å². The molecule has 80 valence electrons. The summed E-state index contributed by atoms with van der Waals surface area (Å²) < 4.78 is 2.07. The van der Waals surface area contributed by atoms with Crippen molar-refractivity contribution in [2.24, 2.45) is 0 Å². The molecule has 1 aromatic carbocycles. The van der Waals surface area contributed by atoms with Crippen LogP contribution in [-0.4, -0.2) is 23.4 Å². The minimum Gasteiger partial charge on any atom is -0.319 e. The van der Waals surface area contributed by atoms with Crippen LogP contribution in [0.5, 0.6) is 0 Å². The highest BCUT2D eigenvalue weighted by atomic mass is 15.3. The van der Waals surface area contributed by atoms with Crippen molar-refractivity contribution < 1.29 is 0 Å². The Hall–Kier alpha value is -1.35. The molecule has 0 amide bonds. The van der Waals surface area contributed by atoms with Crippen molar-refractivity contribution in [3.8, 4) is 0 Å². The van der Waals surface area contributed by atoms with Crippen LogP contribution in [-0.2, 0) is 13.0 Å². The number of nitrogens with zero attached hydrogens (tertiary/aromatic N) is 2. The van der Waals surface area contributed by atoms with E-state index in [1.165, 1.54) is 16.6 Å². The predicted octanol–water partition coefficient (Wildman–Crippen LogP) is 1.82. The summed E-state index contributed by atoms with van der Waals surface area (Å²) in [6.45, 7) is 4.03. The van der Waals surface area contributed by atoms with Gasteiger partial charge in [-0.3, -0.25) is 4.68 Å². The summed E-state index contributed by atoms with van der Waals surface area (Å²) in [7, 11) is 1.97. The number of aryl methyl sites for hydroxylation is 1. The first kappa shape index (κ1) is 10.2. The topological polar surface area (TPSA) is 29.9 Å². The molecule has 0 aliphatic rings. The lowest BCUT2D eigenvalue weighted by Crippen LogP contribution is -2.11. The second-order valence-corrected chi connectivity index (χ2v) is 3.63. The Morgan fingerprint density at radius 3 is 2.87 bits per heavy atom. The fourth-order valence-electron chi connectivity index (χ4n) is 1.87. The van der Waals surface area contributed by atoms with Crippen LogP contribution in [0.2, 0.25) is 0 Å². The molecule has 0 unspecified atom stereocenters. The lowest BCUT2D eigenvalue weighted by molar-refractivity contribution is 0.660. The van der Waals surface area contributed by atoms with E-state index in [4.69, 9.17) is 0 Å². The monoisotopic (exact) mass is 203 g/mol. The lowest BCUT2D eigenvalue weighted by Gasteiger charge is -1.95. The molecular weight excluding hydrogens is 186 g/mol. The summed E-state index contributed by atoms with van der Waals surface area (Å²) in [5, 5.41) is 9.07. The Morgan fingerprint density at radius 1 is 1.33 bits per heavy atom. The summed E-state index contributed by atoms with van der Waals surface area (Å²) in [6.07, 6.45) is 0.990. The normalized spacial score (nSPS) is 11.1. The fraction of sp³-hybridized carbons (Fsp3) is 0.417. The Bertz CT molecular complexity index is 445. The van der Waals surface area contributed by atoms with Crippen molar-refractivity contribution in [3.63, 3.8) is 0 Å². The molecule has 0 atom stereocenters. The van der Waals surface area contributed by atoms with Gasteiger partial charge in [-0.2, -0.15) is 5.10 Å². The molecular formula is C12H17N3. The van der Waals surface area contributed by atoms with Gasteiger partial charge in [-0.15, -0.1) is 0 Å². The first-order chi connectivity index (χ1) is 7.36. The van der Waals surface area contributed by atoms with E-state index in [9.17, 15) is 0 Å². The van der Waals surface area contributed by atoms with Gasteiger partial charge in [-0.05, 0) is 20.0 Å². The second-order valence-electron chi connectivity index (χ2n) is 3.63. The minimum atomic E-state index is 0.931. The lowest BCUT2D eigenvalue weighted by atomic mass is 10.2. The molecule has 2 rings (SSSR count). The minimum absolute atomic E-state index is 0.931. The van der Waals surface area contributed by atoms with E-state index in [0.29, 0.717) is 0 Å². The molecule has 1 aromatic heterocycles. The van der Waals surface area contributed by atoms with Crippen LogP contribution in [0.4, 0.5) is 0 Å². The van der Waals surface area contributed by atoms with Crippen LogP contribution in [0.1, 0.15) is 12.6 Å².